The number of nitrogens with one attached hydrogen (secondary N) is 1. The van der Waals surface area contributed by atoms with Gasteiger partial charge in [0.1, 0.15) is 0 Å². The molecule has 1 amide bonds. The first kappa shape index (κ1) is 20.0. The number of aromatic nitrogens is 3. The molecule has 0 saturated carbocycles. The van der Waals surface area contributed by atoms with E-state index in [0.29, 0.717) is 24.3 Å². The van der Waals surface area contributed by atoms with E-state index in [0.717, 1.165) is 29.9 Å². The van der Waals surface area contributed by atoms with Crippen LogP contribution in [-0.4, -0.2) is 32.1 Å². The number of carbonyl (C=O) groups excluding carboxylic acids is 1. The fourth-order valence-electron chi connectivity index (χ4n) is 3.18. The summed E-state index contributed by atoms with van der Waals surface area (Å²) < 4.78 is 2.44. The number of rotatable bonds is 8. The van der Waals surface area contributed by atoms with Gasteiger partial charge in [0.25, 0.3) is 0 Å². The van der Waals surface area contributed by atoms with Crippen molar-refractivity contribution in [2.45, 2.75) is 39.8 Å². The van der Waals surface area contributed by atoms with Crippen molar-refractivity contribution in [1.29, 1.82) is 0 Å². The van der Waals surface area contributed by atoms with Crippen LogP contribution in [0.3, 0.4) is 0 Å². The van der Waals surface area contributed by atoms with Gasteiger partial charge in [0.2, 0.25) is 5.91 Å². The van der Waals surface area contributed by atoms with E-state index in [-0.39, 0.29) is 5.91 Å². The van der Waals surface area contributed by atoms with Crippen LogP contribution < -0.4 is 0 Å². The molecule has 0 radical (unpaired) electrons. The molecule has 28 heavy (non-hydrogen) atoms. The Kier molecular flexibility index (Phi) is 6.76. The molecule has 0 aliphatic heterocycles. The lowest BCUT2D eigenvalue weighted by Gasteiger charge is -2.22. The Morgan fingerprint density at radius 3 is 2.54 bits per heavy atom. The average molecular weight is 395 g/mol. The molecule has 1 N–H and O–H groups in total. The van der Waals surface area contributed by atoms with Crippen LogP contribution in [0.1, 0.15) is 30.9 Å². The maximum atomic E-state index is 12.9. The van der Waals surface area contributed by atoms with Gasteiger partial charge in [-0.3, -0.25) is 14.5 Å². The third-order valence-corrected chi connectivity index (χ3v) is 4.99. The van der Waals surface area contributed by atoms with Crippen molar-refractivity contribution in [3.8, 4) is 11.4 Å². The van der Waals surface area contributed by atoms with Gasteiger partial charge >= 0.3 is 0 Å². The van der Waals surface area contributed by atoms with E-state index in [1.807, 2.05) is 51.9 Å². The summed E-state index contributed by atoms with van der Waals surface area (Å²) in [5, 5.41) is 7.22. The second-order valence-corrected chi connectivity index (χ2v) is 7.31. The summed E-state index contributed by atoms with van der Waals surface area (Å²) in [4.78, 5) is 14.8. The van der Waals surface area contributed by atoms with Crippen molar-refractivity contribution in [3.05, 3.63) is 70.5 Å². The van der Waals surface area contributed by atoms with Crippen LogP contribution in [0.15, 0.2) is 54.6 Å². The van der Waals surface area contributed by atoms with Crippen LogP contribution in [0.2, 0.25) is 0 Å². The third kappa shape index (κ3) is 4.95. The van der Waals surface area contributed by atoms with E-state index in [2.05, 4.69) is 36.2 Å². The predicted molar refractivity (Wildman–Crippen MR) is 114 cm³/mol. The summed E-state index contributed by atoms with van der Waals surface area (Å²) in [6.45, 7) is 6.03. The molecule has 0 atom stereocenters. The zero-order valence-corrected chi connectivity index (χ0v) is 17.2. The number of benzene rings is 2. The Bertz CT molecular complexity index is 960. The SMILES string of the molecule is CCCN(Cc1ccccc1)C(=O)CCn1c(-c2ccc(C)cc2)n[nH]c1=S. The second-order valence-electron chi connectivity index (χ2n) is 6.92. The molecule has 6 heteroatoms. The van der Waals surface area contributed by atoms with Gasteiger partial charge in [-0.1, -0.05) is 67.1 Å². The number of aryl methyl sites for hydroxylation is 1. The minimum Gasteiger partial charge on any atom is -0.338 e. The number of amides is 1. The van der Waals surface area contributed by atoms with Crippen molar-refractivity contribution in [2.75, 3.05) is 6.54 Å². The van der Waals surface area contributed by atoms with Crippen LogP contribution in [-0.2, 0) is 17.9 Å². The first-order chi connectivity index (χ1) is 13.6. The highest BCUT2D eigenvalue weighted by Crippen LogP contribution is 2.18. The summed E-state index contributed by atoms with van der Waals surface area (Å²) in [5.74, 6) is 0.895. The zero-order valence-electron chi connectivity index (χ0n) is 16.4. The molecule has 1 heterocycles. The number of aromatic amines is 1. The molecule has 2 aromatic carbocycles. The quantitative estimate of drug-likeness (QED) is 0.561. The van der Waals surface area contributed by atoms with Crippen molar-refractivity contribution in [1.82, 2.24) is 19.7 Å². The van der Waals surface area contributed by atoms with Gasteiger partial charge in [0, 0.05) is 31.6 Å². The van der Waals surface area contributed by atoms with E-state index < -0.39 is 0 Å². The summed E-state index contributed by atoms with van der Waals surface area (Å²) >= 11 is 5.39. The zero-order chi connectivity index (χ0) is 19.9. The van der Waals surface area contributed by atoms with Gasteiger partial charge in [-0.05, 0) is 31.1 Å². The normalized spacial score (nSPS) is 10.8. The average Bonchev–Trinajstić information content (AvgIpc) is 3.07. The number of nitrogens with zero attached hydrogens (tertiary/aromatic N) is 3. The van der Waals surface area contributed by atoms with Crippen LogP contribution in [0, 0.1) is 11.7 Å². The molecule has 3 rings (SSSR count). The van der Waals surface area contributed by atoms with Gasteiger partial charge < -0.3 is 4.90 Å². The first-order valence-corrected chi connectivity index (χ1v) is 10.0. The lowest BCUT2D eigenvalue weighted by atomic mass is 10.1. The van der Waals surface area contributed by atoms with E-state index in [1.54, 1.807) is 0 Å². The summed E-state index contributed by atoms with van der Waals surface area (Å²) in [7, 11) is 0. The van der Waals surface area contributed by atoms with Gasteiger partial charge in [-0.2, -0.15) is 5.10 Å². The van der Waals surface area contributed by atoms with Crippen molar-refractivity contribution in [3.63, 3.8) is 0 Å². The van der Waals surface area contributed by atoms with Crippen molar-refractivity contribution in [2.24, 2.45) is 0 Å². The number of hydrogen-bond acceptors (Lipinski definition) is 3. The van der Waals surface area contributed by atoms with Gasteiger partial charge in [-0.15, -0.1) is 0 Å². The van der Waals surface area contributed by atoms with E-state index in [9.17, 15) is 4.79 Å². The standard InChI is InChI=1S/C22H26N4OS/c1-3-14-25(16-18-7-5-4-6-8-18)20(27)13-15-26-21(23-24-22(26)28)19-11-9-17(2)10-12-19/h4-12H,3,13-16H2,1-2H3,(H,24,28). The van der Waals surface area contributed by atoms with E-state index in [4.69, 9.17) is 12.2 Å². The Labute approximate surface area is 171 Å². The van der Waals surface area contributed by atoms with Crippen molar-refractivity contribution < 1.29 is 4.79 Å². The van der Waals surface area contributed by atoms with Gasteiger partial charge in [0.15, 0.2) is 10.6 Å². The molecule has 0 fully saturated rings. The lowest BCUT2D eigenvalue weighted by Crippen LogP contribution is -2.32. The van der Waals surface area contributed by atoms with E-state index >= 15 is 0 Å². The largest absolute Gasteiger partial charge is 0.338 e. The Hall–Kier alpha value is -2.73. The molecule has 0 saturated heterocycles. The molecule has 0 aliphatic carbocycles. The highest BCUT2D eigenvalue weighted by atomic mass is 32.1. The topological polar surface area (TPSA) is 53.9 Å². The van der Waals surface area contributed by atoms with Gasteiger partial charge in [-0.25, -0.2) is 0 Å². The molecule has 0 bridgehead atoms. The fourth-order valence-corrected chi connectivity index (χ4v) is 3.40. The third-order valence-electron chi connectivity index (χ3n) is 4.68. The highest BCUT2D eigenvalue weighted by molar-refractivity contribution is 7.71. The summed E-state index contributed by atoms with van der Waals surface area (Å²) in [6, 6.07) is 18.2. The van der Waals surface area contributed by atoms with Crippen LogP contribution in [0.4, 0.5) is 0 Å². The Morgan fingerprint density at radius 2 is 1.86 bits per heavy atom. The molecular formula is C22H26N4OS. The highest BCUT2D eigenvalue weighted by Gasteiger charge is 2.15. The van der Waals surface area contributed by atoms with Crippen LogP contribution in [0.5, 0.6) is 0 Å². The number of carbonyl (C=O) groups is 1. The summed E-state index contributed by atoms with van der Waals surface area (Å²) in [5.41, 5.74) is 3.32. The minimum absolute atomic E-state index is 0.128. The molecule has 1 aromatic heterocycles. The molecular weight excluding hydrogens is 368 g/mol. The van der Waals surface area contributed by atoms with Crippen molar-refractivity contribution >= 4 is 18.1 Å². The monoisotopic (exact) mass is 394 g/mol. The maximum absolute atomic E-state index is 12.9. The molecule has 146 valence electrons. The molecule has 0 aliphatic rings. The molecule has 5 nitrogen and oxygen atoms in total. The minimum atomic E-state index is 0.128. The molecule has 0 spiro atoms. The van der Waals surface area contributed by atoms with Gasteiger partial charge in [0.05, 0.1) is 0 Å². The van der Waals surface area contributed by atoms with Crippen LogP contribution in [0.25, 0.3) is 11.4 Å². The number of hydrogen-bond donors (Lipinski definition) is 1. The fraction of sp³-hybridized carbons (Fsp3) is 0.318. The Balaban J connectivity index is 1.72. The Morgan fingerprint density at radius 1 is 1.14 bits per heavy atom. The summed E-state index contributed by atoms with van der Waals surface area (Å²) in [6.07, 6.45) is 1.32. The first-order valence-electron chi connectivity index (χ1n) is 9.62. The predicted octanol–water partition coefficient (Wildman–Crippen LogP) is 4.75. The van der Waals surface area contributed by atoms with E-state index in [1.165, 1.54) is 5.56 Å². The number of H-pyrrole nitrogens is 1. The molecule has 0 unspecified atom stereocenters. The van der Waals surface area contributed by atoms with Crippen LogP contribution >= 0.6 is 12.2 Å². The smallest absolute Gasteiger partial charge is 0.224 e. The second kappa shape index (κ2) is 9.46. The lowest BCUT2D eigenvalue weighted by molar-refractivity contribution is -0.132. The molecule has 3 aromatic rings. The maximum Gasteiger partial charge on any atom is 0.224 e.